The molecule has 1 aromatic rings. The zero-order valence-corrected chi connectivity index (χ0v) is 13.3. The van der Waals surface area contributed by atoms with Gasteiger partial charge < -0.3 is 10.1 Å². The SMILES string of the molecule is O=Cc1cc(Br)c(OC2CCCCNC2=O)c(Br)c1. The van der Waals surface area contributed by atoms with Crippen molar-refractivity contribution in [3.05, 3.63) is 26.6 Å². The first kappa shape index (κ1) is 14.5. The summed E-state index contributed by atoms with van der Waals surface area (Å²) in [6, 6.07) is 3.34. The molecule has 1 aliphatic heterocycles. The van der Waals surface area contributed by atoms with E-state index in [1.807, 2.05) is 0 Å². The molecular weight excluding hydrogens is 378 g/mol. The van der Waals surface area contributed by atoms with E-state index < -0.39 is 6.10 Å². The second-order valence-electron chi connectivity index (χ2n) is 4.32. The molecule has 19 heavy (non-hydrogen) atoms. The maximum atomic E-state index is 11.8. The third-order valence-electron chi connectivity index (χ3n) is 2.90. The van der Waals surface area contributed by atoms with Gasteiger partial charge in [-0.25, -0.2) is 0 Å². The van der Waals surface area contributed by atoms with E-state index in [9.17, 15) is 9.59 Å². The number of rotatable bonds is 3. The normalized spacial score (nSPS) is 19.5. The smallest absolute Gasteiger partial charge is 0.261 e. The highest BCUT2D eigenvalue weighted by Crippen LogP contribution is 2.35. The van der Waals surface area contributed by atoms with Gasteiger partial charge in [-0.1, -0.05) is 0 Å². The van der Waals surface area contributed by atoms with Gasteiger partial charge in [0.2, 0.25) is 0 Å². The van der Waals surface area contributed by atoms with Crippen molar-refractivity contribution in [1.82, 2.24) is 5.32 Å². The Hall–Kier alpha value is -0.880. The molecule has 0 bridgehead atoms. The molecule has 1 amide bonds. The van der Waals surface area contributed by atoms with Gasteiger partial charge in [-0.15, -0.1) is 0 Å². The van der Waals surface area contributed by atoms with E-state index in [0.717, 1.165) is 19.1 Å². The van der Waals surface area contributed by atoms with Gasteiger partial charge in [0.05, 0.1) is 8.95 Å². The second-order valence-corrected chi connectivity index (χ2v) is 6.03. The van der Waals surface area contributed by atoms with Crippen LogP contribution in [0.4, 0.5) is 0 Å². The van der Waals surface area contributed by atoms with Gasteiger partial charge >= 0.3 is 0 Å². The molecule has 6 heteroatoms. The van der Waals surface area contributed by atoms with Gasteiger partial charge in [0, 0.05) is 12.1 Å². The largest absolute Gasteiger partial charge is 0.478 e. The van der Waals surface area contributed by atoms with E-state index in [1.54, 1.807) is 12.1 Å². The summed E-state index contributed by atoms with van der Waals surface area (Å²) in [6.07, 6.45) is 2.89. The molecule has 102 valence electrons. The molecule has 0 aliphatic carbocycles. The molecule has 0 saturated carbocycles. The Morgan fingerprint density at radius 1 is 1.26 bits per heavy atom. The fourth-order valence-corrected chi connectivity index (χ4v) is 3.33. The number of carbonyl (C=O) groups excluding carboxylic acids is 2. The Morgan fingerprint density at radius 3 is 2.58 bits per heavy atom. The zero-order chi connectivity index (χ0) is 13.8. The summed E-state index contributed by atoms with van der Waals surface area (Å²) in [6.45, 7) is 0.700. The highest BCUT2D eigenvalue weighted by Gasteiger charge is 2.24. The summed E-state index contributed by atoms with van der Waals surface area (Å²) in [5.41, 5.74) is 0.538. The molecule has 1 N–H and O–H groups in total. The zero-order valence-electron chi connectivity index (χ0n) is 10.1. The van der Waals surface area contributed by atoms with Crippen molar-refractivity contribution in [2.45, 2.75) is 25.4 Å². The summed E-state index contributed by atoms with van der Waals surface area (Å²) in [4.78, 5) is 22.6. The Balaban J connectivity index is 2.22. The molecule has 2 rings (SSSR count). The lowest BCUT2D eigenvalue weighted by Gasteiger charge is -2.18. The van der Waals surface area contributed by atoms with Crippen LogP contribution < -0.4 is 10.1 Å². The minimum atomic E-state index is -0.489. The van der Waals surface area contributed by atoms with Crippen LogP contribution >= 0.6 is 31.9 Å². The van der Waals surface area contributed by atoms with Crippen LogP contribution in [0.2, 0.25) is 0 Å². The van der Waals surface area contributed by atoms with Gasteiger partial charge in [-0.2, -0.15) is 0 Å². The molecule has 4 nitrogen and oxygen atoms in total. The average Bonchev–Trinajstić information content (AvgIpc) is 2.58. The number of ether oxygens (including phenoxy) is 1. The van der Waals surface area contributed by atoms with Crippen molar-refractivity contribution in [1.29, 1.82) is 0 Å². The van der Waals surface area contributed by atoms with Crippen LogP contribution in [0.25, 0.3) is 0 Å². The van der Waals surface area contributed by atoms with E-state index in [-0.39, 0.29) is 5.91 Å². The van der Waals surface area contributed by atoms with E-state index in [1.165, 1.54) is 0 Å². The topological polar surface area (TPSA) is 55.4 Å². The van der Waals surface area contributed by atoms with Crippen molar-refractivity contribution in [3.63, 3.8) is 0 Å². The van der Waals surface area contributed by atoms with E-state index >= 15 is 0 Å². The number of amides is 1. The Bertz CT molecular complexity index is 482. The van der Waals surface area contributed by atoms with Gasteiger partial charge in [-0.05, 0) is 63.3 Å². The van der Waals surface area contributed by atoms with Gasteiger partial charge in [0.25, 0.3) is 5.91 Å². The van der Waals surface area contributed by atoms with Crippen LogP contribution in [-0.4, -0.2) is 24.8 Å². The van der Waals surface area contributed by atoms with Crippen molar-refractivity contribution in [2.24, 2.45) is 0 Å². The summed E-state index contributed by atoms with van der Waals surface area (Å²) in [5, 5.41) is 2.83. The highest BCUT2D eigenvalue weighted by molar-refractivity contribution is 9.11. The maximum absolute atomic E-state index is 11.8. The summed E-state index contributed by atoms with van der Waals surface area (Å²) in [7, 11) is 0. The van der Waals surface area contributed by atoms with Crippen molar-refractivity contribution in [2.75, 3.05) is 6.54 Å². The van der Waals surface area contributed by atoms with Crippen molar-refractivity contribution >= 4 is 44.1 Å². The number of nitrogens with one attached hydrogen (secondary N) is 1. The Morgan fingerprint density at radius 2 is 1.95 bits per heavy atom. The first-order valence-corrected chi connectivity index (χ1v) is 7.59. The second kappa shape index (κ2) is 6.52. The number of aldehydes is 1. The number of hydrogen-bond donors (Lipinski definition) is 1. The molecule has 1 aliphatic rings. The maximum Gasteiger partial charge on any atom is 0.261 e. The van der Waals surface area contributed by atoms with Gasteiger partial charge in [0.15, 0.2) is 6.10 Å². The lowest BCUT2D eigenvalue weighted by atomic mass is 10.2. The average molecular weight is 391 g/mol. The van der Waals surface area contributed by atoms with E-state index in [0.29, 0.717) is 33.2 Å². The fraction of sp³-hybridized carbons (Fsp3) is 0.385. The molecule has 1 unspecified atom stereocenters. The molecule has 0 spiro atoms. The third kappa shape index (κ3) is 3.57. The highest BCUT2D eigenvalue weighted by atomic mass is 79.9. The predicted octanol–water partition coefficient (Wildman–Crippen LogP) is 3.07. The summed E-state index contributed by atoms with van der Waals surface area (Å²) >= 11 is 6.72. The first-order valence-electron chi connectivity index (χ1n) is 6.00. The molecule has 1 fully saturated rings. The standard InChI is InChI=1S/C13H13Br2NO3/c14-9-5-8(7-17)6-10(15)12(9)19-11-3-1-2-4-16-13(11)18/h5-7,11H,1-4H2,(H,16,18). The predicted molar refractivity (Wildman–Crippen MR) is 78.5 cm³/mol. The Labute approximate surface area is 128 Å². The minimum Gasteiger partial charge on any atom is -0.478 e. The number of benzene rings is 1. The molecule has 0 aromatic heterocycles. The van der Waals surface area contributed by atoms with Crippen molar-refractivity contribution in [3.8, 4) is 5.75 Å². The molecule has 1 saturated heterocycles. The summed E-state index contributed by atoms with van der Waals surface area (Å²) < 4.78 is 7.09. The number of halogens is 2. The van der Waals surface area contributed by atoms with Gasteiger partial charge in [0.1, 0.15) is 12.0 Å². The van der Waals surface area contributed by atoms with Crippen LogP contribution in [0.1, 0.15) is 29.6 Å². The van der Waals surface area contributed by atoms with E-state index in [2.05, 4.69) is 37.2 Å². The molecular formula is C13H13Br2NO3. The number of carbonyl (C=O) groups is 2. The van der Waals surface area contributed by atoms with Gasteiger partial charge in [-0.3, -0.25) is 9.59 Å². The van der Waals surface area contributed by atoms with Crippen LogP contribution in [0, 0.1) is 0 Å². The molecule has 0 radical (unpaired) electrons. The molecule has 1 heterocycles. The molecule has 1 atom stereocenters. The monoisotopic (exact) mass is 389 g/mol. The van der Waals surface area contributed by atoms with Crippen LogP contribution in [0.3, 0.4) is 0 Å². The van der Waals surface area contributed by atoms with E-state index in [4.69, 9.17) is 4.74 Å². The number of hydrogen-bond acceptors (Lipinski definition) is 3. The first-order chi connectivity index (χ1) is 9.11. The Kier molecular flexibility index (Phi) is 4.99. The lowest BCUT2D eigenvalue weighted by Crippen LogP contribution is -2.36. The third-order valence-corrected chi connectivity index (χ3v) is 4.08. The van der Waals surface area contributed by atoms with Crippen molar-refractivity contribution < 1.29 is 14.3 Å². The fourth-order valence-electron chi connectivity index (χ4n) is 1.93. The lowest BCUT2D eigenvalue weighted by molar-refractivity contribution is -0.127. The van der Waals surface area contributed by atoms with Crippen LogP contribution in [-0.2, 0) is 4.79 Å². The molecule has 1 aromatic carbocycles. The van der Waals surface area contributed by atoms with Crippen LogP contribution in [0.15, 0.2) is 21.1 Å². The quantitative estimate of drug-likeness (QED) is 0.807. The minimum absolute atomic E-state index is 0.0873. The summed E-state index contributed by atoms with van der Waals surface area (Å²) in [5.74, 6) is 0.461. The van der Waals surface area contributed by atoms with Crippen LogP contribution in [0.5, 0.6) is 5.75 Å².